The quantitative estimate of drug-likeness (QED) is 0.887. The van der Waals surface area contributed by atoms with Crippen molar-refractivity contribution in [3.63, 3.8) is 0 Å². The largest absolute Gasteiger partial charge is 0.372 e. The highest BCUT2D eigenvalue weighted by atomic mass is 16.5. The summed E-state index contributed by atoms with van der Waals surface area (Å²) in [7, 11) is 0. The van der Waals surface area contributed by atoms with E-state index in [4.69, 9.17) is 4.74 Å². The van der Waals surface area contributed by atoms with Gasteiger partial charge >= 0.3 is 0 Å². The summed E-state index contributed by atoms with van der Waals surface area (Å²) in [5.74, 6) is -0.136. The van der Waals surface area contributed by atoms with Gasteiger partial charge in [0.15, 0.2) is 0 Å². The minimum absolute atomic E-state index is 0.136. The van der Waals surface area contributed by atoms with E-state index in [9.17, 15) is 4.79 Å². The molecule has 4 nitrogen and oxygen atoms in total. The maximum absolute atomic E-state index is 12.1. The first kappa shape index (κ1) is 15.2. The zero-order valence-corrected chi connectivity index (χ0v) is 12.4. The van der Waals surface area contributed by atoms with Gasteiger partial charge in [-0.2, -0.15) is 0 Å². The van der Waals surface area contributed by atoms with Crippen LogP contribution in [0, 0.1) is 6.92 Å². The summed E-state index contributed by atoms with van der Waals surface area (Å²) in [6.07, 6.45) is 1.45. The summed E-state index contributed by atoms with van der Waals surface area (Å²) < 4.78 is 5.70. The highest BCUT2D eigenvalue weighted by Gasteiger charge is 2.13. The first-order chi connectivity index (χ1) is 10.2. The fraction of sp³-hybridized carbons (Fsp3) is 0.294. The summed E-state index contributed by atoms with van der Waals surface area (Å²) in [4.78, 5) is 16.2. The minimum Gasteiger partial charge on any atom is -0.372 e. The van der Waals surface area contributed by atoms with Gasteiger partial charge in [0.05, 0.1) is 11.7 Å². The lowest BCUT2D eigenvalue weighted by atomic mass is 10.1. The molecule has 1 atom stereocenters. The molecule has 4 heteroatoms. The lowest BCUT2D eigenvalue weighted by molar-refractivity contribution is 0.0586. The molecule has 0 saturated carbocycles. The number of benzene rings is 1. The second-order valence-electron chi connectivity index (χ2n) is 4.75. The molecule has 1 N–H and O–H groups in total. The maximum atomic E-state index is 12.1. The van der Waals surface area contributed by atoms with Crippen molar-refractivity contribution in [1.29, 1.82) is 0 Å². The average Bonchev–Trinajstić information content (AvgIpc) is 2.52. The van der Waals surface area contributed by atoms with Gasteiger partial charge in [0.2, 0.25) is 0 Å². The third kappa shape index (κ3) is 4.39. The number of carbonyl (C=O) groups is 1. The third-order valence-corrected chi connectivity index (χ3v) is 3.16. The Hall–Kier alpha value is -2.20. The normalized spacial score (nSPS) is 11.9. The number of hydrogen-bond donors (Lipinski definition) is 1. The number of carbonyl (C=O) groups excluding carboxylic acids is 1. The van der Waals surface area contributed by atoms with Crippen LogP contribution in [0.4, 0.5) is 0 Å². The minimum atomic E-state index is -0.140. The lowest BCUT2D eigenvalue weighted by Gasteiger charge is -2.18. The standard InChI is InChI=1S/C17H20N2O2/c1-3-21-16(14-7-5-4-6-8-14)12-19-17(20)15-10-9-13(2)18-11-15/h4-11,16H,3,12H2,1-2H3,(H,19,20). The van der Waals surface area contributed by atoms with Crippen molar-refractivity contribution in [2.75, 3.05) is 13.2 Å². The first-order valence-corrected chi connectivity index (χ1v) is 7.08. The molecule has 2 rings (SSSR count). The van der Waals surface area contributed by atoms with Gasteiger partial charge in [-0.05, 0) is 31.5 Å². The topological polar surface area (TPSA) is 51.2 Å². The predicted molar refractivity (Wildman–Crippen MR) is 82.1 cm³/mol. The van der Waals surface area contributed by atoms with Crippen LogP contribution in [-0.4, -0.2) is 24.0 Å². The van der Waals surface area contributed by atoms with Crippen molar-refractivity contribution in [2.24, 2.45) is 0 Å². The zero-order chi connectivity index (χ0) is 15.1. The average molecular weight is 284 g/mol. The molecule has 110 valence electrons. The summed E-state index contributed by atoms with van der Waals surface area (Å²) >= 11 is 0. The van der Waals surface area contributed by atoms with E-state index in [0.717, 1.165) is 11.3 Å². The summed E-state index contributed by atoms with van der Waals surface area (Å²) in [5, 5.41) is 2.90. The van der Waals surface area contributed by atoms with Crippen molar-refractivity contribution in [1.82, 2.24) is 10.3 Å². The maximum Gasteiger partial charge on any atom is 0.252 e. The molecule has 0 aliphatic carbocycles. The van der Waals surface area contributed by atoms with Crippen LogP contribution >= 0.6 is 0 Å². The third-order valence-electron chi connectivity index (χ3n) is 3.16. The van der Waals surface area contributed by atoms with Gasteiger partial charge in [0.1, 0.15) is 0 Å². The monoisotopic (exact) mass is 284 g/mol. The SMILES string of the molecule is CCOC(CNC(=O)c1ccc(C)nc1)c1ccccc1. The van der Waals surface area contributed by atoms with E-state index in [0.29, 0.717) is 18.7 Å². The molecule has 0 aliphatic heterocycles. The Morgan fingerprint density at radius 1 is 1.24 bits per heavy atom. The van der Waals surface area contributed by atoms with Gasteiger partial charge in [0, 0.05) is 25.0 Å². The molecule has 0 saturated heterocycles. The Balaban J connectivity index is 1.98. The molecule has 1 unspecified atom stereocenters. The Morgan fingerprint density at radius 2 is 2.00 bits per heavy atom. The second-order valence-corrected chi connectivity index (χ2v) is 4.75. The molecular weight excluding hydrogens is 264 g/mol. The number of nitrogens with one attached hydrogen (secondary N) is 1. The Labute approximate surface area is 125 Å². The number of pyridine rings is 1. The molecule has 0 spiro atoms. The number of ether oxygens (including phenoxy) is 1. The van der Waals surface area contributed by atoms with Crippen LogP contribution in [0.25, 0.3) is 0 Å². The van der Waals surface area contributed by atoms with Crippen LogP contribution in [0.1, 0.15) is 34.6 Å². The van der Waals surface area contributed by atoms with Crippen LogP contribution < -0.4 is 5.32 Å². The van der Waals surface area contributed by atoms with Gasteiger partial charge in [-0.15, -0.1) is 0 Å². The van der Waals surface area contributed by atoms with E-state index in [1.807, 2.05) is 50.2 Å². The van der Waals surface area contributed by atoms with Gasteiger partial charge in [-0.25, -0.2) is 0 Å². The van der Waals surface area contributed by atoms with Crippen molar-refractivity contribution in [3.8, 4) is 0 Å². The molecular formula is C17H20N2O2. The van der Waals surface area contributed by atoms with Crippen LogP contribution in [0.5, 0.6) is 0 Å². The van der Waals surface area contributed by atoms with Crippen LogP contribution in [-0.2, 0) is 4.74 Å². The molecule has 0 radical (unpaired) electrons. The van der Waals surface area contributed by atoms with E-state index in [1.54, 1.807) is 12.3 Å². The molecule has 21 heavy (non-hydrogen) atoms. The van der Waals surface area contributed by atoms with E-state index >= 15 is 0 Å². The van der Waals surface area contributed by atoms with E-state index in [1.165, 1.54) is 0 Å². The van der Waals surface area contributed by atoms with Crippen molar-refractivity contribution in [3.05, 3.63) is 65.5 Å². The molecule has 0 fully saturated rings. The first-order valence-electron chi connectivity index (χ1n) is 7.08. The van der Waals surface area contributed by atoms with Gasteiger partial charge in [-0.1, -0.05) is 30.3 Å². The number of aromatic nitrogens is 1. The molecule has 0 bridgehead atoms. The number of amides is 1. The Kier molecular flexibility index (Phi) is 5.46. The number of rotatable bonds is 6. The lowest BCUT2D eigenvalue weighted by Crippen LogP contribution is -2.29. The Morgan fingerprint density at radius 3 is 2.62 bits per heavy atom. The summed E-state index contributed by atoms with van der Waals surface area (Å²) in [5.41, 5.74) is 2.51. The molecule has 1 aromatic carbocycles. The van der Waals surface area contributed by atoms with Gasteiger partial charge in [-0.3, -0.25) is 9.78 Å². The van der Waals surface area contributed by atoms with E-state index in [-0.39, 0.29) is 12.0 Å². The van der Waals surface area contributed by atoms with Crippen molar-refractivity contribution < 1.29 is 9.53 Å². The second kappa shape index (κ2) is 7.55. The fourth-order valence-electron chi connectivity index (χ4n) is 2.03. The van der Waals surface area contributed by atoms with Crippen molar-refractivity contribution in [2.45, 2.75) is 20.0 Å². The smallest absolute Gasteiger partial charge is 0.252 e. The van der Waals surface area contributed by atoms with Gasteiger partial charge in [0.25, 0.3) is 5.91 Å². The highest BCUT2D eigenvalue weighted by molar-refractivity contribution is 5.93. The fourth-order valence-corrected chi connectivity index (χ4v) is 2.03. The Bertz CT molecular complexity index is 567. The molecule has 1 amide bonds. The van der Waals surface area contributed by atoms with Gasteiger partial charge < -0.3 is 10.1 Å². The molecule has 1 heterocycles. The number of aryl methyl sites for hydroxylation is 1. The van der Waals surface area contributed by atoms with E-state index < -0.39 is 0 Å². The van der Waals surface area contributed by atoms with Crippen LogP contribution in [0.2, 0.25) is 0 Å². The summed E-state index contributed by atoms with van der Waals surface area (Å²) in [6, 6.07) is 13.5. The number of hydrogen-bond acceptors (Lipinski definition) is 3. The molecule has 2 aromatic rings. The number of nitrogens with zero attached hydrogens (tertiary/aromatic N) is 1. The van der Waals surface area contributed by atoms with Crippen LogP contribution in [0.3, 0.4) is 0 Å². The molecule has 1 aromatic heterocycles. The highest BCUT2D eigenvalue weighted by Crippen LogP contribution is 2.16. The van der Waals surface area contributed by atoms with Crippen molar-refractivity contribution >= 4 is 5.91 Å². The van der Waals surface area contributed by atoms with E-state index in [2.05, 4.69) is 10.3 Å². The predicted octanol–water partition coefficient (Wildman–Crippen LogP) is 2.90. The molecule has 0 aliphatic rings. The zero-order valence-electron chi connectivity index (χ0n) is 12.4. The van der Waals surface area contributed by atoms with Crippen LogP contribution in [0.15, 0.2) is 48.7 Å². The summed E-state index contributed by atoms with van der Waals surface area (Å²) in [6.45, 7) is 4.87.